The van der Waals surface area contributed by atoms with Crippen LogP contribution in [0.15, 0.2) is 0 Å². The number of hydrogen-bond donors (Lipinski definition) is 1. The quantitative estimate of drug-likeness (QED) is 0.556. The lowest BCUT2D eigenvalue weighted by atomic mass is 10.2. The molecule has 0 aliphatic carbocycles. The van der Waals surface area contributed by atoms with Crippen LogP contribution in [0.4, 0.5) is 0 Å². The minimum atomic E-state index is 0.855. The highest BCUT2D eigenvalue weighted by atomic mass is 15.2. The lowest BCUT2D eigenvalue weighted by Gasteiger charge is -2.30. The molecule has 2 nitrogen and oxygen atoms in total. The Morgan fingerprint density at radius 1 is 1.22 bits per heavy atom. The highest BCUT2D eigenvalue weighted by molar-refractivity contribution is 4.67. The van der Waals surface area contributed by atoms with Crippen molar-refractivity contribution in [1.82, 2.24) is 4.90 Å². The van der Waals surface area contributed by atoms with Crippen molar-refractivity contribution >= 4 is 0 Å². The van der Waals surface area contributed by atoms with E-state index in [-0.39, 0.29) is 0 Å². The predicted octanol–water partition coefficient (Wildman–Crippen LogP) is 0.431. The molecule has 0 unspecified atom stereocenters. The first-order chi connectivity index (χ1) is 4.43. The average molecular weight is 128 g/mol. The van der Waals surface area contributed by atoms with Gasteiger partial charge in [-0.3, -0.25) is 0 Å². The molecule has 2 heteroatoms. The van der Waals surface area contributed by atoms with Crippen LogP contribution in [0.25, 0.3) is 0 Å². The summed E-state index contributed by atoms with van der Waals surface area (Å²) >= 11 is 0. The van der Waals surface area contributed by atoms with Crippen LogP contribution in [0.3, 0.4) is 0 Å². The van der Waals surface area contributed by atoms with Crippen LogP contribution in [0.2, 0.25) is 0 Å². The van der Waals surface area contributed by atoms with Gasteiger partial charge in [-0.2, -0.15) is 0 Å². The number of hydrogen-bond acceptors (Lipinski definition) is 2. The first-order valence-electron chi connectivity index (χ1n) is 3.86. The van der Waals surface area contributed by atoms with Gasteiger partial charge in [0, 0.05) is 0 Å². The van der Waals surface area contributed by atoms with Crippen molar-refractivity contribution in [3.63, 3.8) is 0 Å². The lowest BCUT2D eigenvalue weighted by Crippen LogP contribution is -2.37. The Hall–Kier alpha value is -0.0800. The molecule has 0 bridgehead atoms. The smallest absolute Gasteiger partial charge is 0.000654 e. The molecule has 0 saturated carbocycles. The predicted molar refractivity (Wildman–Crippen MR) is 39.3 cm³/mol. The van der Waals surface area contributed by atoms with Gasteiger partial charge in [0.1, 0.15) is 0 Å². The number of unbranched alkanes of at least 4 members (excludes halogenated alkanes) is 1. The van der Waals surface area contributed by atoms with Crippen molar-refractivity contribution < 1.29 is 0 Å². The highest BCUT2D eigenvalue weighted by Gasteiger charge is 2.11. The van der Waals surface area contributed by atoms with Crippen LogP contribution in [-0.4, -0.2) is 31.1 Å². The van der Waals surface area contributed by atoms with Gasteiger partial charge in [-0.1, -0.05) is 0 Å². The summed E-state index contributed by atoms with van der Waals surface area (Å²) in [6.45, 7) is 4.78. The zero-order valence-electron chi connectivity index (χ0n) is 5.97. The van der Waals surface area contributed by atoms with Gasteiger partial charge in [-0.25, -0.2) is 0 Å². The average Bonchev–Trinajstić information content (AvgIpc) is 1.76. The van der Waals surface area contributed by atoms with E-state index in [0.29, 0.717) is 0 Å². The maximum Gasteiger partial charge on any atom is -0.000654 e. The van der Waals surface area contributed by atoms with Gasteiger partial charge in [0.05, 0.1) is 0 Å². The first-order valence-corrected chi connectivity index (χ1v) is 3.86. The molecular weight excluding hydrogens is 112 g/mol. The maximum absolute atomic E-state index is 5.36. The summed E-state index contributed by atoms with van der Waals surface area (Å²) in [5.41, 5.74) is 5.36. The largest absolute Gasteiger partial charge is 0.330 e. The summed E-state index contributed by atoms with van der Waals surface area (Å²) in [5.74, 6) is 0. The molecule has 0 aromatic rings. The Bertz CT molecular complexity index is 69.3. The second-order valence-corrected chi connectivity index (χ2v) is 2.69. The van der Waals surface area contributed by atoms with E-state index in [4.69, 9.17) is 5.73 Å². The van der Waals surface area contributed by atoms with Crippen molar-refractivity contribution in [3.05, 3.63) is 0 Å². The Morgan fingerprint density at radius 2 is 2.00 bits per heavy atom. The van der Waals surface area contributed by atoms with E-state index in [2.05, 4.69) is 4.90 Å². The summed E-state index contributed by atoms with van der Waals surface area (Å²) in [6, 6.07) is 0. The molecular formula is C7H16N2. The molecule has 0 atom stereocenters. The molecule has 0 amide bonds. The molecule has 0 aromatic carbocycles. The second kappa shape index (κ2) is 3.85. The SMILES string of the molecule is NCCCCN1CCC1. The van der Waals surface area contributed by atoms with Gasteiger partial charge in [0.25, 0.3) is 0 Å². The molecule has 9 heavy (non-hydrogen) atoms. The highest BCUT2D eigenvalue weighted by Crippen LogP contribution is 2.05. The minimum absolute atomic E-state index is 0.855. The first kappa shape index (κ1) is 7.03. The van der Waals surface area contributed by atoms with Gasteiger partial charge >= 0.3 is 0 Å². The summed E-state index contributed by atoms with van der Waals surface area (Å²) in [4.78, 5) is 2.48. The third-order valence-electron chi connectivity index (χ3n) is 1.88. The van der Waals surface area contributed by atoms with E-state index in [1.54, 1.807) is 0 Å². The van der Waals surface area contributed by atoms with Crippen molar-refractivity contribution in [2.75, 3.05) is 26.2 Å². The molecule has 1 heterocycles. The van der Waals surface area contributed by atoms with Crippen LogP contribution < -0.4 is 5.73 Å². The number of likely N-dealkylation sites (tertiary alicyclic amines) is 1. The lowest BCUT2D eigenvalue weighted by molar-refractivity contribution is 0.178. The molecule has 0 aromatic heterocycles. The Labute approximate surface area is 57.0 Å². The summed E-state index contributed by atoms with van der Waals surface area (Å²) in [6.07, 6.45) is 3.88. The summed E-state index contributed by atoms with van der Waals surface area (Å²) in [5, 5.41) is 0. The fourth-order valence-corrected chi connectivity index (χ4v) is 1.09. The summed E-state index contributed by atoms with van der Waals surface area (Å²) in [7, 11) is 0. The normalized spacial score (nSPS) is 19.7. The molecule has 1 aliphatic heterocycles. The minimum Gasteiger partial charge on any atom is -0.330 e. The van der Waals surface area contributed by atoms with Crippen LogP contribution in [0.1, 0.15) is 19.3 Å². The molecule has 1 saturated heterocycles. The van der Waals surface area contributed by atoms with Crippen molar-refractivity contribution in [1.29, 1.82) is 0 Å². The molecule has 2 N–H and O–H groups in total. The van der Waals surface area contributed by atoms with Crippen LogP contribution in [0.5, 0.6) is 0 Å². The van der Waals surface area contributed by atoms with E-state index >= 15 is 0 Å². The van der Waals surface area contributed by atoms with Crippen LogP contribution >= 0.6 is 0 Å². The molecule has 1 aliphatic rings. The van der Waals surface area contributed by atoms with Gasteiger partial charge < -0.3 is 10.6 Å². The second-order valence-electron chi connectivity index (χ2n) is 2.69. The van der Waals surface area contributed by atoms with Gasteiger partial charge in [-0.15, -0.1) is 0 Å². The Kier molecular flexibility index (Phi) is 3.01. The third-order valence-corrected chi connectivity index (χ3v) is 1.88. The van der Waals surface area contributed by atoms with E-state index in [0.717, 1.165) is 6.54 Å². The molecule has 1 fully saturated rings. The molecule has 1 rings (SSSR count). The topological polar surface area (TPSA) is 29.3 Å². The Morgan fingerprint density at radius 3 is 2.44 bits per heavy atom. The third kappa shape index (κ3) is 2.33. The van der Waals surface area contributed by atoms with Gasteiger partial charge in [0.15, 0.2) is 0 Å². The zero-order chi connectivity index (χ0) is 6.53. The van der Waals surface area contributed by atoms with Gasteiger partial charge in [-0.05, 0) is 45.4 Å². The van der Waals surface area contributed by atoms with Crippen LogP contribution in [-0.2, 0) is 0 Å². The molecule has 54 valence electrons. The monoisotopic (exact) mass is 128 g/mol. The number of rotatable bonds is 4. The van der Waals surface area contributed by atoms with Crippen molar-refractivity contribution in [2.45, 2.75) is 19.3 Å². The zero-order valence-corrected chi connectivity index (χ0v) is 5.97. The number of nitrogens with two attached hydrogens (primary N) is 1. The fourth-order valence-electron chi connectivity index (χ4n) is 1.09. The maximum atomic E-state index is 5.36. The van der Waals surface area contributed by atoms with E-state index < -0.39 is 0 Å². The standard InChI is InChI=1S/C7H16N2/c8-4-1-2-5-9-6-3-7-9/h1-8H2. The van der Waals surface area contributed by atoms with Crippen molar-refractivity contribution in [3.8, 4) is 0 Å². The summed E-state index contributed by atoms with van der Waals surface area (Å²) < 4.78 is 0. The molecule has 0 radical (unpaired) electrons. The van der Waals surface area contributed by atoms with Crippen LogP contribution in [0, 0.1) is 0 Å². The van der Waals surface area contributed by atoms with Crippen molar-refractivity contribution in [2.24, 2.45) is 5.73 Å². The fraction of sp³-hybridized carbons (Fsp3) is 1.00. The molecule has 0 spiro atoms. The number of nitrogens with zero attached hydrogens (tertiary/aromatic N) is 1. The van der Waals surface area contributed by atoms with E-state index in [1.807, 2.05) is 0 Å². The Balaban J connectivity index is 1.80. The van der Waals surface area contributed by atoms with E-state index in [1.165, 1.54) is 38.9 Å². The van der Waals surface area contributed by atoms with E-state index in [9.17, 15) is 0 Å². The van der Waals surface area contributed by atoms with Gasteiger partial charge in [0.2, 0.25) is 0 Å².